The zero-order chi connectivity index (χ0) is 22.1. The molecule has 1 aliphatic rings. The molecule has 3 aromatic rings. The quantitative estimate of drug-likeness (QED) is 0.684. The van der Waals surface area contributed by atoms with Crippen molar-refractivity contribution in [3.05, 3.63) is 70.7 Å². The summed E-state index contributed by atoms with van der Waals surface area (Å²) in [7, 11) is 0. The number of pyridine rings is 1. The van der Waals surface area contributed by atoms with Gasteiger partial charge in [-0.05, 0) is 38.1 Å². The van der Waals surface area contributed by atoms with Gasteiger partial charge in [0.2, 0.25) is 0 Å². The molecule has 3 amide bonds. The van der Waals surface area contributed by atoms with E-state index in [0.717, 1.165) is 16.8 Å². The molecule has 0 atom stereocenters. The van der Waals surface area contributed by atoms with Gasteiger partial charge >= 0.3 is 6.03 Å². The van der Waals surface area contributed by atoms with Crippen LogP contribution in [0.4, 0.5) is 10.5 Å². The van der Waals surface area contributed by atoms with Gasteiger partial charge < -0.3 is 20.5 Å². The molecular formula is C23H22N6O2. The lowest BCUT2D eigenvalue weighted by atomic mass is 10.1. The van der Waals surface area contributed by atoms with Crippen molar-refractivity contribution < 1.29 is 9.59 Å². The standard InChI is InChI=1S/C23H22N6O2/c1-14-3-7-17(8-4-14)27-23(31)28-9-10-29-19(13-28)20(22(25)30)18(11-24)21(29)16-6-5-15(2)26-12-16/h3-8,12H,9-10,13H2,1-2H3,(H2,25,30)(H,27,31). The fraction of sp³-hybridized carbons (Fsp3) is 0.217. The lowest BCUT2D eigenvalue weighted by Crippen LogP contribution is -2.41. The molecule has 8 nitrogen and oxygen atoms in total. The second kappa shape index (κ2) is 7.95. The summed E-state index contributed by atoms with van der Waals surface area (Å²) in [5, 5.41) is 12.7. The Labute approximate surface area is 179 Å². The number of rotatable bonds is 3. The number of hydrogen-bond acceptors (Lipinski definition) is 4. The Balaban J connectivity index is 1.71. The van der Waals surface area contributed by atoms with Crippen LogP contribution in [-0.2, 0) is 13.1 Å². The molecule has 3 heterocycles. The molecule has 0 radical (unpaired) electrons. The van der Waals surface area contributed by atoms with Crippen molar-refractivity contribution in [3.63, 3.8) is 0 Å². The van der Waals surface area contributed by atoms with Crippen molar-refractivity contribution in [3.8, 4) is 17.3 Å². The molecule has 1 aliphatic heterocycles. The third kappa shape index (κ3) is 3.73. The van der Waals surface area contributed by atoms with E-state index in [4.69, 9.17) is 5.73 Å². The highest BCUT2D eigenvalue weighted by Gasteiger charge is 2.32. The molecular weight excluding hydrogens is 392 g/mol. The largest absolute Gasteiger partial charge is 0.366 e. The molecule has 0 saturated heterocycles. The minimum atomic E-state index is -0.688. The summed E-state index contributed by atoms with van der Waals surface area (Å²) >= 11 is 0. The number of anilines is 1. The molecule has 2 aromatic heterocycles. The zero-order valence-corrected chi connectivity index (χ0v) is 17.3. The number of aryl methyl sites for hydroxylation is 2. The van der Waals surface area contributed by atoms with Crippen LogP contribution in [-0.4, -0.2) is 32.9 Å². The monoisotopic (exact) mass is 414 g/mol. The number of fused-ring (bicyclic) bond motifs is 1. The van der Waals surface area contributed by atoms with Crippen molar-refractivity contribution in [2.24, 2.45) is 5.73 Å². The van der Waals surface area contributed by atoms with Gasteiger partial charge in [0.05, 0.1) is 29.1 Å². The van der Waals surface area contributed by atoms with E-state index < -0.39 is 5.91 Å². The molecule has 1 aromatic carbocycles. The predicted molar refractivity (Wildman–Crippen MR) is 116 cm³/mol. The highest BCUT2D eigenvalue weighted by atomic mass is 16.2. The van der Waals surface area contributed by atoms with Gasteiger partial charge in [0, 0.05) is 36.2 Å². The maximum atomic E-state index is 12.8. The number of carbonyl (C=O) groups excluding carboxylic acids is 2. The van der Waals surface area contributed by atoms with Crippen LogP contribution in [0.3, 0.4) is 0 Å². The van der Waals surface area contributed by atoms with Crippen LogP contribution in [0, 0.1) is 25.2 Å². The molecule has 31 heavy (non-hydrogen) atoms. The Bertz CT molecular complexity index is 1200. The van der Waals surface area contributed by atoms with Crippen LogP contribution in [0.1, 0.15) is 32.9 Å². The Morgan fingerprint density at radius 3 is 2.48 bits per heavy atom. The topological polar surface area (TPSA) is 117 Å². The summed E-state index contributed by atoms with van der Waals surface area (Å²) in [4.78, 5) is 31.0. The number of nitrogens with one attached hydrogen (secondary N) is 1. The second-order valence-corrected chi connectivity index (χ2v) is 7.58. The van der Waals surface area contributed by atoms with Crippen molar-refractivity contribution in [2.45, 2.75) is 26.9 Å². The maximum Gasteiger partial charge on any atom is 0.322 e. The van der Waals surface area contributed by atoms with Crippen LogP contribution < -0.4 is 11.1 Å². The Morgan fingerprint density at radius 1 is 1.13 bits per heavy atom. The van der Waals surface area contributed by atoms with Gasteiger partial charge in [0.15, 0.2) is 0 Å². The van der Waals surface area contributed by atoms with Crippen LogP contribution in [0.25, 0.3) is 11.3 Å². The molecule has 0 saturated carbocycles. The highest BCUT2D eigenvalue weighted by molar-refractivity contribution is 6.00. The summed E-state index contributed by atoms with van der Waals surface area (Å²) < 4.78 is 1.90. The molecule has 0 spiro atoms. The number of nitriles is 1. The smallest absolute Gasteiger partial charge is 0.322 e. The fourth-order valence-corrected chi connectivity index (χ4v) is 3.85. The van der Waals surface area contributed by atoms with Crippen LogP contribution in [0.5, 0.6) is 0 Å². The number of carbonyl (C=O) groups is 2. The second-order valence-electron chi connectivity index (χ2n) is 7.58. The predicted octanol–water partition coefficient (Wildman–Crippen LogP) is 3.19. The summed E-state index contributed by atoms with van der Waals surface area (Å²) in [6.07, 6.45) is 1.68. The lowest BCUT2D eigenvalue weighted by molar-refractivity contribution is 0.0997. The molecule has 0 unspecified atom stereocenters. The first kappa shape index (κ1) is 20.2. The maximum absolute atomic E-state index is 12.8. The lowest BCUT2D eigenvalue weighted by Gasteiger charge is -2.30. The number of amides is 3. The molecule has 0 fully saturated rings. The molecule has 0 bridgehead atoms. The number of primary amides is 1. The third-order valence-electron chi connectivity index (χ3n) is 5.44. The summed E-state index contributed by atoms with van der Waals surface area (Å²) in [5.41, 5.74) is 10.6. The third-order valence-corrected chi connectivity index (χ3v) is 5.44. The van der Waals surface area contributed by atoms with E-state index in [1.807, 2.05) is 54.8 Å². The van der Waals surface area contributed by atoms with Crippen molar-refractivity contribution in [1.82, 2.24) is 14.5 Å². The molecule has 8 heteroatoms. The average molecular weight is 414 g/mol. The summed E-state index contributed by atoms with van der Waals surface area (Å²) in [6.45, 7) is 4.88. The zero-order valence-electron chi connectivity index (χ0n) is 17.3. The van der Waals surface area contributed by atoms with Crippen LogP contribution in [0.15, 0.2) is 42.6 Å². The average Bonchev–Trinajstić information content (AvgIpc) is 3.09. The van der Waals surface area contributed by atoms with Gasteiger partial charge in [-0.3, -0.25) is 9.78 Å². The van der Waals surface area contributed by atoms with E-state index in [0.29, 0.717) is 30.2 Å². The normalized spacial score (nSPS) is 12.7. The van der Waals surface area contributed by atoms with Gasteiger partial charge in [0.1, 0.15) is 6.07 Å². The van der Waals surface area contributed by atoms with Crippen molar-refractivity contribution in [1.29, 1.82) is 5.26 Å². The molecule has 4 rings (SSSR count). The van der Waals surface area contributed by atoms with Crippen molar-refractivity contribution >= 4 is 17.6 Å². The van der Waals surface area contributed by atoms with Crippen LogP contribution in [0.2, 0.25) is 0 Å². The number of hydrogen-bond donors (Lipinski definition) is 2. The SMILES string of the molecule is Cc1ccc(NC(=O)N2CCn3c(c(C(N)=O)c(C#N)c3-c3ccc(C)nc3)C2)cc1. The molecule has 3 N–H and O–H groups in total. The fourth-order valence-electron chi connectivity index (χ4n) is 3.85. The Kier molecular flexibility index (Phi) is 5.17. The summed E-state index contributed by atoms with van der Waals surface area (Å²) in [5.74, 6) is -0.688. The van der Waals surface area contributed by atoms with Crippen LogP contribution >= 0.6 is 0 Å². The van der Waals surface area contributed by atoms with Crippen molar-refractivity contribution in [2.75, 3.05) is 11.9 Å². The minimum absolute atomic E-state index is 0.158. The Hall–Kier alpha value is -4.12. The number of aromatic nitrogens is 2. The van der Waals surface area contributed by atoms with Gasteiger partial charge in [-0.1, -0.05) is 17.7 Å². The molecule has 156 valence electrons. The first-order valence-electron chi connectivity index (χ1n) is 9.90. The highest BCUT2D eigenvalue weighted by Crippen LogP contribution is 2.34. The van der Waals surface area contributed by atoms with Gasteiger partial charge in [-0.15, -0.1) is 0 Å². The molecule has 0 aliphatic carbocycles. The van der Waals surface area contributed by atoms with E-state index >= 15 is 0 Å². The van der Waals surface area contributed by atoms with E-state index in [1.165, 1.54) is 0 Å². The van der Waals surface area contributed by atoms with E-state index in [9.17, 15) is 14.9 Å². The number of urea groups is 1. The minimum Gasteiger partial charge on any atom is -0.366 e. The van der Waals surface area contributed by atoms with Gasteiger partial charge in [0.25, 0.3) is 5.91 Å². The number of nitrogens with zero attached hydrogens (tertiary/aromatic N) is 4. The number of nitrogens with two attached hydrogens (primary N) is 1. The summed E-state index contributed by atoms with van der Waals surface area (Å²) in [6, 6.07) is 13.1. The van der Waals surface area contributed by atoms with Gasteiger partial charge in [-0.2, -0.15) is 5.26 Å². The first-order chi connectivity index (χ1) is 14.9. The van der Waals surface area contributed by atoms with Gasteiger partial charge in [-0.25, -0.2) is 4.79 Å². The van der Waals surface area contributed by atoms with E-state index in [1.54, 1.807) is 11.1 Å². The first-order valence-corrected chi connectivity index (χ1v) is 9.90. The Morgan fingerprint density at radius 2 is 1.87 bits per heavy atom. The number of benzene rings is 1. The van der Waals surface area contributed by atoms with E-state index in [2.05, 4.69) is 16.4 Å². The van der Waals surface area contributed by atoms with E-state index in [-0.39, 0.29) is 23.7 Å².